The molecule has 0 aliphatic rings. The Labute approximate surface area is 135 Å². The number of hydrogen-bond acceptors (Lipinski definition) is 5. The number of anilines is 1. The van der Waals surface area contributed by atoms with Crippen LogP contribution in [0, 0.1) is 11.8 Å². The Morgan fingerprint density at radius 2 is 2.22 bits per heavy atom. The van der Waals surface area contributed by atoms with E-state index < -0.39 is 0 Å². The summed E-state index contributed by atoms with van der Waals surface area (Å²) in [5.41, 5.74) is 2.96. The number of nitrogens with zero attached hydrogens (tertiary/aromatic N) is 3. The van der Waals surface area contributed by atoms with Crippen molar-refractivity contribution in [3.8, 4) is 11.8 Å². The lowest BCUT2D eigenvalue weighted by Gasteiger charge is -2.09. The van der Waals surface area contributed by atoms with Crippen LogP contribution in [0.4, 0.5) is 5.82 Å². The van der Waals surface area contributed by atoms with Gasteiger partial charge in [0.25, 0.3) is 0 Å². The van der Waals surface area contributed by atoms with Crippen molar-refractivity contribution in [2.24, 2.45) is 5.16 Å². The highest BCUT2D eigenvalue weighted by Gasteiger charge is 2.08. The number of aromatic nitrogens is 2. The minimum atomic E-state index is 0.555. The minimum Gasteiger partial charge on any atom is -0.398 e. The fourth-order valence-electron chi connectivity index (χ4n) is 2.06. The van der Waals surface area contributed by atoms with E-state index in [4.69, 9.17) is 4.84 Å². The average molecular weight is 306 g/mol. The number of rotatable bonds is 5. The molecule has 0 saturated carbocycles. The summed E-state index contributed by atoms with van der Waals surface area (Å²) in [6, 6.07) is 5.74. The molecule has 2 aromatic rings. The molecule has 2 rings (SSSR count). The molecule has 1 aromatic heterocycles. The van der Waals surface area contributed by atoms with Crippen LogP contribution < -0.4 is 5.32 Å². The first-order valence-electron chi connectivity index (χ1n) is 7.07. The number of benzene rings is 1. The lowest BCUT2D eigenvalue weighted by Crippen LogP contribution is -2.02. The molecule has 1 N–H and O–H groups in total. The smallest absolute Gasteiger partial charge is 0.159 e. The Hall–Kier alpha value is -3.13. The second kappa shape index (κ2) is 7.76. The van der Waals surface area contributed by atoms with Gasteiger partial charge >= 0.3 is 0 Å². The van der Waals surface area contributed by atoms with Crippen LogP contribution >= 0.6 is 0 Å². The maximum Gasteiger partial charge on any atom is 0.159 e. The van der Waals surface area contributed by atoms with E-state index in [2.05, 4.69) is 38.9 Å². The first-order valence-corrected chi connectivity index (χ1v) is 7.07. The van der Waals surface area contributed by atoms with Gasteiger partial charge in [-0.05, 0) is 44.0 Å². The topological polar surface area (TPSA) is 59.4 Å². The molecule has 0 fully saturated rings. The van der Waals surface area contributed by atoms with Gasteiger partial charge in [0.15, 0.2) is 5.71 Å². The quantitative estimate of drug-likeness (QED) is 0.397. The molecule has 0 aliphatic heterocycles. The van der Waals surface area contributed by atoms with Gasteiger partial charge in [-0.15, -0.1) is 0 Å². The molecule has 23 heavy (non-hydrogen) atoms. The van der Waals surface area contributed by atoms with Crippen molar-refractivity contribution in [3.05, 3.63) is 54.5 Å². The molecule has 0 aliphatic carbocycles. The van der Waals surface area contributed by atoms with Crippen LogP contribution in [0.3, 0.4) is 0 Å². The van der Waals surface area contributed by atoms with E-state index >= 15 is 0 Å². The molecule has 5 heteroatoms. The second-order valence-corrected chi connectivity index (χ2v) is 4.60. The van der Waals surface area contributed by atoms with Crippen LogP contribution in [0.25, 0.3) is 10.9 Å². The number of allylic oxidation sites excluding steroid dienone is 2. The summed E-state index contributed by atoms with van der Waals surface area (Å²) in [5, 5.41) is 8.00. The molecule has 5 nitrogen and oxygen atoms in total. The molecule has 0 unspecified atom stereocenters. The van der Waals surface area contributed by atoms with Crippen molar-refractivity contribution < 1.29 is 4.84 Å². The number of hydrogen-bond donors (Lipinski definition) is 1. The molecule has 0 saturated heterocycles. The number of fused-ring (bicyclic) bond motifs is 1. The third kappa shape index (κ3) is 3.95. The van der Waals surface area contributed by atoms with Crippen molar-refractivity contribution in [1.29, 1.82) is 0 Å². The molecular formula is C18H18N4O. The van der Waals surface area contributed by atoms with E-state index in [9.17, 15) is 0 Å². The van der Waals surface area contributed by atoms with Gasteiger partial charge in [0.1, 0.15) is 19.3 Å². The van der Waals surface area contributed by atoms with Crippen molar-refractivity contribution in [3.63, 3.8) is 0 Å². The molecule has 0 bridgehead atoms. The third-order valence-corrected chi connectivity index (χ3v) is 2.98. The van der Waals surface area contributed by atoms with Gasteiger partial charge in [0.05, 0.1) is 5.52 Å². The zero-order valence-electron chi connectivity index (χ0n) is 13.4. The van der Waals surface area contributed by atoms with Crippen LogP contribution in [0.15, 0.2) is 54.1 Å². The zero-order chi connectivity index (χ0) is 16.7. The van der Waals surface area contributed by atoms with E-state index in [1.54, 1.807) is 6.92 Å². The van der Waals surface area contributed by atoms with Crippen LogP contribution in [-0.2, 0) is 4.84 Å². The molecule has 0 spiro atoms. The van der Waals surface area contributed by atoms with E-state index in [0.717, 1.165) is 22.2 Å². The van der Waals surface area contributed by atoms with Crippen LogP contribution in [-0.4, -0.2) is 22.8 Å². The predicted molar refractivity (Wildman–Crippen MR) is 94.1 cm³/mol. The van der Waals surface area contributed by atoms with Gasteiger partial charge in [-0.25, -0.2) is 9.97 Å². The summed E-state index contributed by atoms with van der Waals surface area (Å²) in [7, 11) is 1.50. The fourth-order valence-corrected chi connectivity index (χ4v) is 2.06. The largest absolute Gasteiger partial charge is 0.398 e. The summed E-state index contributed by atoms with van der Waals surface area (Å²) in [6.45, 7) is 7.62. The molecule has 1 aromatic carbocycles. The van der Waals surface area contributed by atoms with Gasteiger partial charge in [-0.1, -0.05) is 23.7 Å². The van der Waals surface area contributed by atoms with Crippen molar-refractivity contribution >= 4 is 22.4 Å². The Kier molecular flexibility index (Phi) is 5.48. The van der Waals surface area contributed by atoms with Crippen LogP contribution in [0.2, 0.25) is 0 Å². The van der Waals surface area contributed by atoms with E-state index in [1.165, 1.54) is 13.4 Å². The van der Waals surface area contributed by atoms with Gasteiger partial charge in [-0.3, -0.25) is 0 Å². The highest BCUT2D eigenvalue weighted by Crippen LogP contribution is 2.22. The molecule has 116 valence electrons. The Bertz CT molecular complexity index is 841. The highest BCUT2D eigenvalue weighted by molar-refractivity contribution is 6.14. The SMILES string of the molecule is C=C(/C=C\C)Nc1ncnc2ccc(/C(C#CC)=N/OC)cc12. The van der Waals surface area contributed by atoms with Crippen molar-refractivity contribution in [2.75, 3.05) is 12.4 Å². The normalized spacial score (nSPS) is 11.2. The lowest BCUT2D eigenvalue weighted by atomic mass is 10.1. The summed E-state index contributed by atoms with van der Waals surface area (Å²) in [6.07, 6.45) is 5.30. The van der Waals surface area contributed by atoms with Crippen LogP contribution in [0.5, 0.6) is 0 Å². The standard InChI is InChI=1S/C18H18N4O/c1-5-7-13(3)21-18-15-11-14(16(8-6-2)22-23-4)9-10-17(15)19-12-20-18/h5,7,9-12H,3H2,1-2,4H3,(H,19,20,21)/b7-5-,22-16+. The summed E-state index contributed by atoms with van der Waals surface area (Å²) < 4.78 is 0. The summed E-state index contributed by atoms with van der Waals surface area (Å²) >= 11 is 0. The summed E-state index contributed by atoms with van der Waals surface area (Å²) in [5.74, 6) is 6.44. The van der Waals surface area contributed by atoms with E-state index in [1.807, 2.05) is 37.3 Å². The van der Waals surface area contributed by atoms with Crippen molar-refractivity contribution in [2.45, 2.75) is 13.8 Å². The lowest BCUT2D eigenvalue weighted by molar-refractivity contribution is 0.214. The van der Waals surface area contributed by atoms with Crippen molar-refractivity contribution in [1.82, 2.24) is 9.97 Å². The van der Waals surface area contributed by atoms with E-state index in [0.29, 0.717) is 11.5 Å². The van der Waals surface area contributed by atoms with Gasteiger partial charge in [-0.2, -0.15) is 0 Å². The second-order valence-electron chi connectivity index (χ2n) is 4.60. The zero-order valence-corrected chi connectivity index (χ0v) is 13.4. The summed E-state index contributed by atoms with van der Waals surface area (Å²) in [4.78, 5) is 13.4. The predicted octanol–water partition coefficient (Wildman–Crippen LogP) is 3.51. The molecule has 0 atom stereocenters. The highest BCUT2D eigenvalue weighted by atomic mass is 16.6. The third-order valence-electron chi connectivity index (χ3n) is 2.98. The number of nitrogens with one attached hydrogen (secondary N) is 1. The van der Waals surface area contributed by atoms with Gasteiger partial charge < -0.3 is 10.2 Å². The van der Waals surface area contributed by atoms with E-state index in [-0.39, 0.29) is 0 Å². The Morgan fingerprint density at radius 1 is 1.39 bits per heavy atom. The minimum absolute atomic E-state index is 0.555. The molecule has 0 amide bonds. The average Bonchev–Trinajstić information content (AvgIpc) is 2.55. The molecule has 1 heterocycles. The first-order chi connectivity index (χ1) is 11.2. The first kappa shape index (κ1) is 16.2. The number of oxime groups is 1. The molecular weight excluding hydrogens is 288 g/mol. The molecule has 0 radical (unpaired) electrons. The fraction of sp³-hybridized carbons (Fsp3) is 0.167. The maximum absolute atomic E-state index is 4.87. The van der Waals surface area contributed by atoms with Crippen LogP contribution in [0.1, 0.15) is 19.4 Å². The Balaban J connectivity index is 2.54. The Morgan fingerprint density at radius 3 is 2.91 bits per heavy atom. The van der Waals surface area contributed by atoms with Gasteiger partial charge in [0.2, 0.25) is 0 Å². The maximum atomic E-state index is 4.87. The van der Waals surface area contributed by atoms with Gasteiger partial charge in [0, 0.05) is 16.6 Å². The monoisotopic (exact) mass is 306 g/mol.